The first-order valence-electron chi connectivity index (χ1n) is 14.7. The summed E-state index contributed by atoms with van der Waals surface area (Å²) in [6.45, 7) is 16.8. The minimum absolute atomic E-state index is 0.347. The number of nitrogens with zero attached hydrogens (tertiary/aromatic N) is 1. The highest BCUT2D eigenvalue weighted by atomic mass is 28.4. The largest absolute Gasteiger partial charge is 0.417 e. The lowest BCUT2D eigenvalue weighted by Crippen LogP contribution is -2.40. The lowest BCUT2D eigenvalue weighted by Gasteiger charge is -2.36. The molecule has 1 saturated heterocycles. The summed E-state index contributed by atoms with van der Waals surface area (Å²) in [7, 11) is -1.52. The Bertz CT molecular complexity index is 412. The van der Waals surface area contributed by atoms with Crippen LogP contribution < -0.4 is 0 Å². The molecular formula is C29H61NOSi. The fourth-order valence-corrected chi connectivity index (χ4v) is 5.73. The van der Waals surface area contributed by atoms with Gasteiger partial charge in [0, 0.05) is 6.61 Å². The molecule has 1 fully saturated rings. The van der Waals surface area contributed by atoms with Crippen LogP contribution in [-0.4, -0.2) is 39.5 Å². The zero-order chi connectivity index (χ0) is 23.5. The molecule has 0 amide bonds. The van der Waals surface area contributed by atoms with Gasteiger partial charge in [0.25, 0.3) is 0 Å². The predicted octanol–water partition coefficient (Wildman–Crippen LogP) is 9.74. The Kier molecular flexibility index (Phi) is 17.4. The van der Waals surface area contributed by atoms with Crippen LogP contribution in [-0.2, 0) is 4.43 Å². The zero-order valence-corrected chi connectivity index (χ0v) is 24.1. The van der Waals surface area contributed by atoms with E-state index in [1.807, 2.05) is 0 Å². The summed E-state index contributed by atoms with van der Waals surface area (Å²) in [6.07, 6.45) is 27.3. The van der Waals surface area contributed by atoms with E-state index in [1.54, 1.807) is 0 Å². The van der Waals surface area contributed by atoms with Crippen molar-refractivity contribution >= 4 is 8.32 Å². The van der Waals surface area contributed by atoms with Crippen LogP contribution in [0.25, 0.3) is 0 Å². The van der Waals surface area contributed by atoms with Crippen LogP contribution in [0.2, 0.25) is 18.1 Å². The van der Waals surface area contributed by atoms with Crippen LogP contribution in [0.1, 0.15) is 143 Å². The Balaban J connectivity index is 1.71. The van der Waals surface area contributed by atoms with Gasteiger partial charge in [-0.25, -0.2) is 0 Å². The molecule has 0 unspecified atom stereocenters. The van der Waals surface area contributed by atoms with Crippen molar-refractivity contribution in [1.82, 2.24) is 4.90 Å². The van der Waals surface area contributed by atoms with E-state index in [4.69, 9.17) is 4.43 Å². The van der Waals surface area contributed by atoms with Crippen molar-refractivity contribution in [3.05, 3.63) is 0 Å². The van der Waals surface area contributed by atoms with Gasteiger partial charge in [-0.3, -0.25) is 0 Å². The zero-order valence-electron chi connectivity index (χ0n) is 23.1. The van der Waals surface area contributed by atoms with Gasteiger partial charge in [-0.2, -0.15) is 0 Å². The summed E-state index contributed by atoms with van der Waals surface area (Å²) in [5, 5.41) is 0.347. The smallest absolute Gasteiger partial charge is 0.191 e. The molecule has 0 aromatic heterocycles. The van der Waals surface area contributed by atoms with Gasteiger partial charge in [0.2, 0.25) is 0 Å². The molecule has 3 heteroatoms. The van der Waals surface area contributed by atoms with Gasteiger partial charge in [-0.1, -0.05) is 117 Å². The van der Waals surface area contributed by atoms with Crippen LogP contribution in [0.15, 0.2) is 0 Å². The van der Waals surface area contributed by atoms with E-state index in [0.717, 1.165) is 6.61 Å². The minimum atomic E-state index is -1.52. The molecule has 1 rings (SSSR count). The lowest BCUT2D eigenvalue weighted by atomic mass is 10.0. The number of piperidine rings is 1. The van der Waals surface area contributed by atoms with E-state index in [1.165, 1.54) is 142 Å². The second-order valence-corrected chi connectivity index (χ2v) is 17.0. The lowest BCUT2D eigenvalue weighted by molar-refractivity contribution is 0.224. The van der Waals surface area contributed by atoms with Gasteiger partial charge in [0.05, 0.1) is 0 Å². The molecule has 0 saturated carbocycles. The monoisotopic (exact) mass is 467 g/mol. The van der Waals surface area contributed by atoms with Gasteiger partial charge in [0.15, 0.2) is 8.32 Å². The first-order valence-corrected chi connectivity index (χ1v) is 17.6. The second-order valence-electron chi connectivity index (χ2n) is 12.2. The van der Waals surface area contributed by atoms with E-state index >= 15 is 0 Å². The fraction of sp³-hybridized carbons (Fsp3) is 1.00. The molecule has 1 aliphatic rings. The highest BCUT2D eigenvalue weighted by Crippen LogP contribution is 2.36. The third-order valence-electron chi connectivity index (χ3n) is 8.09. The van der Waals surface area contributed by atoms with E-state index in [9.17, 15) is 0 Å². The summed E-state index contributed by atoms with van der Waals surface area (Å²) in [5.41, 5.74) is 0. The number of likely N-dealkylation sites (tertiary alicyclic amines) is 1. The highest BCUT2D eigenvalue weighted by Gasteiger charge is 2.36. The molecule has 1 aliphatic heterocycles. The molecule has 0 aromatic carbocycles. The topological polar surface area (TPSA) is 12.5 Å². The minimum Gasteiger partial charge on any atom is -0.417 e. The van der Waals surface area contributed by atoms with Crippen molar-refractivity contribution in [3.63, 3.8) is 0 Å². The highest BCUT2D eigenvalue weighted by molar-refractivity contribution is 6.74. The molecule has 32 heavy (non-hydrogen) atoms. The van der Waals surface area contributed by atoms with Crippen molar-refractivity contribution in [3.8, 4) is 0 Å². The van der Waals surface area contributed by atoms with Crippen molar-refractivity contribution in [2.45, 2.75) is 161 Å². The third-order valence-corrected chi connectivity index (χ3v) is 12.6. The molecular weight excluding hydrogens is 406 g/mol. The summed E-state index contributed by atoms with van der Waals surface area (Å²) < 4.78 is 6.28. The summed E-state index contributed by atoms with van der Waals surface area (Å²) in [5.74, 6) is 0. The van der Waals surface area contributed by atoms with E-state index in [2.05, 4.69) is 38.8 Å². The molecule has 2 nitrogen and oxygen atoms in total. The van der Waals surface area contributed by atoms with Crippen LogP contribution >= 0.6 is 0 Å². The molecule has 192 valence electrons. The molecule has 0 radical (unpaired) electrons. The molecule has 0 atom stereocenters. The van der Waals surface area contributed by atoms with Gasteiger partial charge in [-0.05, 0) is 63.4 Å². The number of hydrogen-bond donors (Lipinski definition) is 0. The van der Waals surface area contributed by atoms with Crippen LogP contribution in [0.5, 0.6) is 0 Å². The maximum absolute atomic E-state index is 6.28. The molecule has 0 spiro atoms. The Hall–Kier alpha value is 0.137. The number of unbranched alkanes of at least 4 members (excludes halogenated alkanes) is 15. The van der Waals surface area contributed by atoms with Crippen molar-refractivity contribution < 1.29 is 4.43 Å². The Morgan fingerprint density at radius 3 is 1.34 bits per heavy atom. The maximum atomic E-state index is 6.28. The summed E-state index contributed by atoms with van der Waals surface area (Å²) in [6, 6.07) is 0. The summed E-state index contributed by atoms with van der Waals surface area (Å²) in [4.78, 5) is 2.69. The average Bonchev–Trinajstić information content (AvgIpc) is 2.75. The summed E-state index contributed by atoms with van der Waals surface area (Å²) >= 11 is 0. The van der Waals surface area contributed by atoms with Crippen molar-refractivity contribution in [2.24, 2.45) is 0 Å². The first kappa shape index (κ1) is 30.2. The Labute approximate surface area is 204 Å². The SMILES string of the molecule is CC(C)(C)[Si](C)(C)OCCCCCCCCCCCCCCCCCCN1CCCCC1. The molecule has 0 N–H and O–H groups in total. The van der Waals surface area contributed by atoms with Crippen molar-refractivity contribution in [2.75, 3.05) is 26.2 Å². The van der Waals surface area contributed by atoms with Crippen LogP contribution in [0.3, 0.4) is 0 Å². The van der Waals surface area contributed by atoms with Crippen molar-refractivity contribution in [1.29, 1.82) is 0 Å². The standard InChI is InChI=1S/C29H61NOSi/c1-29(2,3)32(4,5)31-28-24-19-17-15-13-11-9-7-6-8-10-12-14-16-18-21-25-30-26-22-20-23-27-30/h6-28H2,1-5H3. The van der Waals surface area contributed by atoms with Gasteiger partial charge in [0.1, 0.15) is 0 Å². The van der Waals surface area contributed by atoms with Gasteiger partial charge in [-0.15, -0.1) is 0 Å². The number of rotatable bonds is 20. The molecule has 0 aromatic rings. The van der Waals surface area contributed by atoms with Crippen LogP contribution in [0, 0.1) is 0 Å². The Morgan fingerprint density at radius 2 is 0.938 bits per heavy atom. The fourth-order valence-electron chi connectivity index (χ4n) is 4.64. The second kappa shape index (κ2) is 18.5. The quantitative estimate of drug-likeness (QED) is 0.130. The van der Waals surface area contributed by atoms with E-state index in [-0.39, 0.29) is 0 Å². The van der Waals surface area contributed by atoms with Gasteiger partial charge < -0.3 is 9.33 Å². The Morgan fingerprint density at radius 1 is 0.562 bits per heavy atom. The van der Waals surface area contributed by atoms with E-state index in [0.29, 0.717) is 5.04 Å². The van der Waals surface area contributed by atoms with Gasteiger partial charge >= 0.3 is 0 Å². The molecule has 0 bridgehead atoms. The first-order chi connectivity index (χ1) is 15.3. The third kappa shape index (κ3) is 15.9. The predicted molar refractivity (Wildman–Crippen MR) is 147 cm³/mol. The molecule has 1 heterocycles. The van der Waals surface area contributed by atoms with Crippen LogP contribution in [0.4, 0.5) is 0 Å². The maximum Gasteiger partial charge on any atom is 0.191 e. The molecule has 0 aliphatic carbocycles. The normalized spacial score (nSPS) is 16.0. The number of hydrogen-bond acceptors (Lipinski definition) is 2. The van der Waals surface area contributed by atoms with E-state index < -0.39 is 8.32 Å². The average molecular weight is 468 g/mol.